The number of nitrogens with zero attached hydrogens (tertiary/aromatic N) is 7. The second-order valence-electron chi connectivity index (χ2n) is 12.2. The number of ether oxygens (including phenoxy) is 3. The van der Waals surface area contributed by atoms with E-state index in [-0.39, 0.29) is 30.4 Å². The maximum absolute atomic E-state index is 15.0. The third-order valence-electron chi connectivity index (χ3n) is 8.86. The monoisotopic (exact) mass is 664 g/mol. The molecule has 0 saturated carbocycles. The lowest BCUT2D eigenvalue weighted by Gasteiger charge is -2.43. The van der Waals surface area contributed by atoms with Crippen molar-refractivity contribution in [3.63, 3.8) is 0 Å². The third kappa shape index (κ3) is 6.96. The van der Waals surface area contributed by atoms with E-state index in [0.717, 1.165) is 55.5 Å². The highest BCUT2D eigenvalue weighted by molar-refractivity contribution is 5.80. The SMILES string of the molecule is [C-]#[N+]c1cc(-c2nc(Nc3ccc(N4CCN(C5COC5)CC4)c(OC)n3)ncc2C)ccc1O[C@@H]1CCN(C(=O)[C@H](C)O)CC1(F)F. The molecule has 1 amide bonds. The Morgan fingerprint density at radius 2 is 1.94 bits per heavy atom. The summed E-state index contributed by atoms with van der Waals surface area (Å²) in [6, 6.07) is 8.99. The van der Waals surface area contributed by atoms with Crippen molar-refractivity contribution in [3.8, 4) is 22.9 Å². The number of amides is 1. The van der Waals surface area contributed by atoms with Crippen LogP contribution in [0.2, 0.25) is 0 Å². The number of halogens is 2. The first-order valence-electron chi connectivity index (χ1n) is 15.8. The molecule has 48 heavy (non-hydrogen) atoms. The van der Waals surface area contributed by atoms with Crippen LogP contribution in [0.15, 0.2) is 36.5 Å². The maximum atomic E-state index is 15.0. The van der Waals surface area contributed by atoms with Gasteiger partial charge in [-0.05, 0) is 49.2 Å². The molecule has 3 aliphatic heterocycles. The summed E-state index contributed by atoms with van der Waals surface area (Å²) in [4.78, 5) is 35.0. The minimum atomic E-state index is -3.38. The molecule has 13 nitrogen and oxygen atoms in total. The summed E-state index contributed by atoms with van der Waals surface area (Å²) in [6.07, 6.45) is -1.42. The van der Waals surface area contributed by atoms with E-state index in [1.54, 1.807) is 25.4 Å². The quantitative estimate of drug-likeness (QED) is 0.325. The predicted molar refractivity (Wildman–Crippen MR) is 173 cm³/mol. The van der Waals surface area contributed by atoms with Gasteiger partial charge in [-0.25, -0.2) is 23.6 Å². The number of carbonyl (C=O) groups excluding carboxylic acids is 1. The number of aromatic nitrogens is 3. The highest BCUT2D eigenvalue weighted by Crippen LogP contribution is 2.38. The van der Waals surface area contributed by atoms with Crippen LogP contribution in [0.25, 0.3) is 16.1 Å². The lowest BCUT2D eigenvalue weighted by Crippen LogP contribution is -2.56. The Morgan fingerprint density at radius 1 is 1.17 bits per heavy atom. The predicted octanol–water partition coefficient (Wildman–Crippen LogP) is 3.67. The molecule has 3 aromatic rings. The molecular weight excluding hydrogens is 626 g/mol. The Morgan fingerprint density at radius 3 is 2.58 bits per heavy atom. The topological polar surface area (TPSA) is 130 Å². The van der Waals surface area contributed by atoms with Gasteiger partial charge >= 0.3 is 5.92 Å². The van der Waals surface area contributed by atoms with E-state index in [0.29, 0.717) is 29.0 Å². The van der Waals surface area contributed by atoms with Gasteiger partial charge in [0, 0.05) is 45.3 Å². The number of alkyl halides is 2. The molecule has 3 saturated heterocycles. The first kappa shape index (κ1) is 33.3. The van der Waals surface area contributed by atoms with E-state index in [2.05, 4.69) is 34.9 Å². The molecule has 2 N–H and O–H groups in total. The summed E-state index contributed by atoms with van der Waals surface area (Å²) in [6.45, 7) is 15.1. The molecule has 6 rings (SSSR count). The summed E-state index contributed by atoms with van der Waals surface area (Å²) in [7, 11) is 1.59. The smallest absolute Gasteiger partial charge is 0.301 e. The largest absolute Gasteiger partial charge is 0.495 e. The zero-order valence-electron chi connectivity index (χ0n) is 27.0. The number of nitrogens with one attached hydrogen (secondary N) is 1. The van der Waals surface area contributed by atoms with E-state index in [1.165, 1.54) is 13.0 Å². The van der Waals surface area contributed by atoms with Crippen molar-refractivity contribution in [2.24, 2.45) is 0 Å². The molecule has 3 aliphatic rings. The van der Waals surface area contributed by atoms with E-state index in [4.69, 9.17) is 20.8 Å². The molecule has 1 aromatic carbocycles. The van der Waals surface area contributed by atoms with Gasteiger partial charge in [0.15, 0.2) is 6.10 Å². The van der Waals surface area contributed by atoms with Crippen LogP contribution in [0, 0.1) is 13.5 Å². The molecule has 15 heteroatoms. The van der Waals surface area contributed by atoms with Crippen LogP contribution >= 0.6 is 0 Å². The fourth-order valence-corrected chi connectivity index (χ4v) is 6.09. The number of aryl methyl sites for hydroxylation is 1. The van der Waals surface area contributed by atoms with Gasteiger partial charge in [0.1, 0.15) is 23.4 Å². The minimum absolute atomic E-state index is 0.00234. The van der Waals surface area contributed by atoms with Crippen molar-refractivity contribution in [1.82, 2.24) is 24.8 Å². The Hall–Kier alpha value is -4.65. The highest BCUT2D eigenvalue weighted by atomic mass is 19.3. The molecule has 0 aliphatic carbocycles. The van der Waals surface area contributed by atoms with Crippen LogP contribution < -0.4 is 19.7 Å². The van der Waals surface area contributed by atoms with Gasteiger partial charge in [-0.3, -0.25) is 9.69 Å². The summed E-state index contributed by atoms with van der Waals surface area (Å²) in [5.74, 6) is -2.88. The first-order valence-corrected chi connectivity index (χ1v) is 15.8. The van der Waals surface area contributed by atoms with Gasteiger partial charge in [0.05, 0.1) is 45.2 Å². The molecule has 0 spiro atoms. The molecular formula is C33H38F2N8O5. The molecule has 5 heterocycles. The van der Waals surface area contributed by atoms with Crippen molar-refractivity contribution in [1.29, 1.82) is 0 Å². The van der Waals surface area contributed by atoms with Gasteiger partial charge in [-0.15, -0.1) is 0 Å². The first-order chi connectivity index (χ1) is 23.1. The van der Waals surface area contributed by atoms with Crippen molar-refractivity contribution in [2.45, 2.75) is 44.4 Å². The molecule has 2 aromatic heterocycles. The van der Waals surface area contributed by atoms with E-state index >= 15 is 0 Å². The van der Waals surface area contributed by atoms with Gasteiger partial charge in [-0.1, -0.05) is 6.07 Å². The Balaban J connectivity index is 1.15. The van der Waals surface area contributed by atoms with Crippen molar-refractivity contribution >= 4 is 29.0 Å². The second kappa shape index (κ2) is 13.8. The van der Waals surface area contributed by atoms with Crippen LogP contribution in [-0.4, -0.2) is 120 Å². The number of aliphatic hydroxyl groups is 1. The second-order valence-corrected chi connectivity index (χ2v) is 12.2. The number of methoxy groups -OCH3 is 1. The van der Waals surface area contributed by atoms with Crippen LogP contribution in [0.5, 0.6) is 11.6 Å². The molecule has 0 bridgehead atoms. The fourth-order valence-electron chi connectivity index (χ4n) is 6.09. The number of piperazine rings is 1. The Kier molecular flexibility index (Phi) is 9.58. The van der Waals surface area contributed by atoms with E-state index in [1.807, 2.05) is 19.1 Å². The van der Waals surface area contributed by atoms with Crippen LogP contribution in [0.3, 0.4) is 0 Å². The molecule has 0 unspecified atom stereocenters. The van der Waals surface area contributed by atoms with E-state index < -0.39 is 30.6 Å². The third-order valence-corrected chi connectivity index (χ3v) is 8.86. The number of hydrogen-bond acceptors (Lipinski definition) is 11. The van der Waals surface area contributed by atoms with Crippen LogP contribution in [0.1, 0.15) is 18.9 Å². The Labute approximate surface area is 277 Å². The maximum Gasteiger partial charge on any atom is 0.301 e. The van der Waals surface area contributed by atoms with Gasteiger partial charge in [0.2, 0.25) is 17.5 Å². The van der Waals surface area contributed by atoms with Gasteiger partial charge in [0.25, 0.3) is 5.91 Å². The van der Waals surface area contributed by atoms with E-state index in [9.17, 15) is 18.7 Å². The van der Waals surface area contributed by atoms with Crippen molar-refractivity contribution < 1.29 is 32.9 Å². The molecule has 2 atom stereocenters. The summed E-state index contributed by atoms with van der Waals surface area (Å²) < 4.78 is 46.6. The number of likely N-dealkylation sites (tertiary alicyclic amines) is 1. The Bertz CT molecular complexity index is 1690. The fraction of sp³-hybridized carbons (Fsp3) is 0.485. The minimum Gasteiger partial charge on any atom is -0.495 e. The normalized spacial score (nSPS) is 20.4. The average molecular weight is 665 g/mol. The number of anilines is 3. The van der Waals surface area contributed by atoms with Gasteiger partial charge < -0.3 is 34.4 Å². The zero-order valence-corrected chi connectivity index (χ0v) is 27.0. The number of piperidine rings is 1. The lowest BCUT2D eigenvalue weighted by atomic mass is 10.0. The number of aliphatic hydroxyl groups excluding tert-OH is 1. The van der Waals surface area contributed by atoms with Crippen molar-refractivity contribution in [2.75, 3.05) is 69.8 Å². The zero-order chi connectivity index (χ0) is 34.0. The van der Waals surface area contributed by atoms with Gasteiger partial charge in [-0.2, -0.15) is 4.98 Å². The molecule has 3 fully saturated rings. The number of pyridine rings is 1. The lowest BCUT2D eigenvalue weighted by molar-refractivity contribution is -0.165. The van der Waals surface area contributed by atoms with Crippen LogP contribution in [0.4, 0.5) is 31.9 Å². The number of benzene rings is 1. The highest BCUT2D eigenvalue weighted by Gasteiger charge is 2.48. The summed E-state index contributed by atoms with van der Waals surface area (Å²) in [5.41, 5.74) is 2.80. The number of rotatable bonds is 9. The molecule has 0 radical (unpaired) electrons. The van der Waals surface area contributed by atoms with Crippen LogP contribution in [-0.2, 0) is 9.53 Å². The van der Waals surface area contributed by atoms with Crippen molar-refractivity contribution in [3.05, 3.63) is 53.5 Å². The standard InChI is InChI=1S/C33H38F2N8O5/c1-20-16-37-32(39-28-8-6-25(30(38-28)46-4)42-13-11-41(12-14-42)23-17-47-18-23)40-29(20)22-5-7-26(24(15-22)36-3)48-27-9-10-43(19-33(27,34)35)31(45)21(2)44/h5-8,15-16,21,23,27,44H,9-14,17-19H2,1-2,4H3,(H,37,38,39,40)/t21-,27+/m0/s1. The number of hydrogen-bond donors (Lipinski definition) is 2. The summed E-state index contributed by atoms with van der Waals surface area (Å²) >= 11 is 0. The number of carbonyl (C=O) groups is 1. The summed E-state index contributed by atoms with van der Waals surface area (Å²) in [5, 5.41) is 12.7. The molecule has 254 valence electrons. The average Bonchev–Trinajstić information content (AvgIpc) is 3.05.